The van der Waals surface area contributed by atoms with Gasteiger partial charge in [0.2, 0.25) is 11.7 Å². The number of hydrogen-bond donors (Lipinski definition) is 1. The fraction of sp³-hybridized carbons (Fsp3) is 0.429. The van der Waals surface area contributed by atoms with E-state index < -0.39 is 11.6 Å². The molecule has 1 aromatic heterocycles. The molecule has 1 aromatic carbocycles. The molecule has 1 heterocycles. The second-order valence-corrected chi connectivity index (χ2v) is 5.47. The molecule has 4 nitrogen and oxygen atoms in total. The summed E-state index contributed by atoms with van der Waals surface area (Å²) in [5.41, 5.74) is 6.14. The molecule has 2 N–H and O–H groups in total. The Morgan fingerprint density at radius 2 is 2.15 bits per heavy atom. The standard InChI is InChI=1S/C14H15F2N3O/c1-14(6-2-3-11(14)17)13-18-12(19-20-13)8-4-5-9(15)10(16)7-8/h4-5,7,11H,2-3,6,17H2,1H3. The number of rotatable bonds is 2. The van der Waals surface area contributed by atoms with Gasteiger partial charge in [-0.25, -0.2) is 8.78 Å². The first kappa shape index (κ1) is 13.2. The molecule has 1 aliphatic carbocycles. The Kier molecular flexibility index (Phi) is 3.05. The van der Waals surface area contributed by atoms with Gasteiger partial charge >= 0.3 is 0 Å². The summed E-state index contributed by atoms with van der Waals surface area (Å²) in [6.07, 6.45) is 2.81. The lowest BCUT2D eigenvalue weighted by atomic mass is 9.85. The first-order valence-electron chi connectivity index (χ1n) is 6.56. The number of nitrogens with zero attached hydrogens (tertiary/aromatic N) is 2. The second kappa shape index (κ2) is 4.63. The summed E-state index contributed by atoms with van der Waals surface area (Å²) < 4.78 is 31.4. The molecule has 1 aliphatic rings. The van der Waals surface area contributed by atoms with E-state index >= 15 is 0 Å². The Morgan fingerprint density at radius 3 is 2.80 bits per heavy atom. The van der Waals surface area contributed by atoms with Gasteiger partial charge in [0.05, 0.1) is 5.41 Å². The maximum atomic E-state index is 13.2. The van der Waals surface area contributed by atoms with Crippen LogP contribution >= 0.6 is 0 Å². The van der Waals surface area contributed by atoms with Gasteiger partial charge in [0.1, 0.15) is 0 Å². The van der Waals surface area contributed by atoms with Crippen molar-refractivity contribution < 1.29 is 13.3 Å². The molecule has 0 radical (unpaired) electrons. The van der Waals surface area contributed by atoms with Crippen molar-refractivity contribution in [2.45, 2.75) is 37.6 Å². The van der Waals surface area contributed by atoms with Gasteiger partial charge in [-0.3, -0.25) is 0 Å². The highest BCUT2D eigenvalue weighted by Crippen LogP contribution is 2.39. The molecule has 0 spiro atoms. The largest absolute Gasteiger partial charge is 0.338 e. The summed E-state index contributed by atoms with van der Waals surface area (Å²) in [6.45, 7) is 1.99. The van der Waals surface area contributed by atoms with Crippen molar-refractivity contribution in [3.63, 3.8) is 0 Å². The van der Waals surface area contributed by atoms with Crippen molar-refractivity contribution in [1.29, 1.82) is 0 Å². The van der Waals surface area contributed by atoms with E-state index in [1.807, 2.05) is 6.92 Å². The SMILES string of the molecule is CC1(c2nc(-c3ccc(F)c(F)c3)no2)CCCC1N. The van der Waals surface area contributed by atoms with E-state index in [-0.39, 0.29) is 17.3 Å². The zero-order chi connectivity index (χ0) is 14.3. The van der Waals surface area contributed by atoms with Crippen molar-refractivity contribution in [3.8, 4) is 11.4 Å². The lowest BCUT2D eigenvalue weighted by Gasteiger charge is -2.23. The molecule has 20 heavy (non-hydrogen) atoms. The molecule has 0 bridgehead atoms. The number of nitrogens with two attached hydrogens (primary N) is 1. The zero-order valence-electron chi connectivity index (χ0n) is 11.1. The Morgan fingerprint density at radius 1 is 1.35 bits per heavy atom. The summed E-state index contributed by atoms with van der Waals surface area (Å²) in [4.78, 5) is 4.31. The highest BCUT2D eigenvalue weighted by molar-refractivity contribution is 5.54. The topological polar surface area (TPSA) is 64.9 Å². The van der Waals surface area contributed by atoms with Crippen molar-refractivity contribution in [2.75, 3.05) is 0 Å². The van der Waals surface area contributed by atoms with Crippen LogP contribution in [0.15, 0.2) is 22.7 Å². The fourth-order valence-corrected chi connectivity index (χ4v) is 2.67. The minimum absolute atomic E-state index is 0.0271. The quantitative estimate of drug-likeness (QED) is 0.918. The molecule has 1 saturated carbocycles. The minimum Gasteiger partial charge on any atom is -0.338 e. The molecule has 3 rings (SSSR count). The Hall–Kier alpha value is -1.82. The summed E-state index contributed by atoms with van der Waals surface area (Å²) in [5.74, 6) is -1.12. The van der Waals surface area contributed by atoms with E-state index in [2.05, 4.69) is 10.1 Å². The third-order valence-electron chi connectivity index (χ3n) is 4.12. The third-order valence-corrected chi connectivity index (χ3v) is 4.12. The van der Waals surface area contributed by atoms with E-state index in [1.54, 1.807) is 0 Å². The first-order chi connectivity index (χ1) is 9.50. The van der Waals surface area contributed by atoms with Gasteiger partial charge in [0.15, 0.2) is 11.6 Å². The monoisotopic (exact) mass is 279 g/mol. The van der Waals surface area contributed by atoms with Crippen molar-refractivity contribution in [3.05, 3.63) is 35.7 Å². The van der Waals surface area contributed by atoms with Crippen LogP contribution in [0.4, 0.5) is 8.78 Å². The van der Waals surface area contributed by atoms with Crippen molar-refractivity contribution >= 4 is 0 Å². The average molecular weight is 279 g/mol. The molecule has 1 fully saturated rings. The predicted molar refractivity (Wildman–Crippen MR) is 68.8 cm³/mol. The summed E-state index contributed by atoms with van der Waals surface area (Å²) in [5, 5.41) is 3.85. The van der Waals surface area contributed by atoms with E-state index in [0.29, 0.717) is 11.5 Å². The van der Waals surface area contributed by atoms with E-state index in [0.717, 1.165) is 31.4 Å². The molecular formula is C14H15F2N3O. The average Bonchev–Trinajstić information content (AvgIpc) is 3.02. The highest BCUT2D eigenvalue weighted by Gasteiger charge is 2.42. The number of halogens is 2. The predicted octanol–water partition coefficient (Wildman–Crippen LogP) is 2.78. The van der Waals surface area contributed by atoms with Crippen LogP contribution in [0.5, 0.6) is 0 Å². The smallest absolute Gasteiger partial charge is 0.234 e. The maximum absolute atomic E-state index is 13.2. The maximum Gasteiger partial charge on any atom is 0.234 e. The number of benzene rings is 1. The Labute approximate surface area is 115 Å². The minimum atomic E-state index is -0.933. The van der Waals surface area contributed by atoms with Gasteiger partial charge in [0.25, 0.3) is 0 Å². The molecule has 2 atom stereocenters. The number of aromatic nitrogens is 2. The van der Waals surface area contributed by atoms with Crippen LogP contribution in [0.2, 0.25) is 0 Å². The molecule has 0 saturated heterocycles. The zero-order valence-corrected chi connectivity index (χ0v) is 11.1. The molecule has 0 amide bonds. The summed E-state index contributed by atoms with van der Waals surface area (Å²) >= 11 is 0. The molecule has 0 aliphatic heterocycles. The van der Waals surface area contributed by atoms with Crippen LogP contribution in [0.3, 0.4) is 0 Å². The van der Waals surface area contributed by atoms with Gasteiger partial charge in [-0.2, -0.15) is 4.98 Å². The van der Waals surface area contributed by atoms with Gasteiger partial charge in [-0.05, 0) is 38.0 Å². The van der Waals surface area contributed by atoms with Gasteiger partial charge in [-0.1, -0.05) is 11.6 Å². The van der Waals surface area contributed by atoms with Crippen LogP contribution in [0.1, 0.15) is 32.1 Å². The van der Waals surface area contributed by atoms with Crippen LogP contribution in [-0.4, -0.2) is 16.2 Å². The van der Waals surface area contributed by atoms with Crippen molar-refractivity contribution in [2.24, 2.45) is 5.73 Å². The van der Waals surface area contributed by atoms with E-state index in [9.17, 15) is 8.78 Å². The molecule has 6 heteroatoms. The Bertz CT molecular complexity index is 643. The van der Waals surface area contributed by atoms with E-state index in [4.69, 9.17) is 10.3 Å². The van der Waals surface area contributed by atoms with Crippen molar-refractivity contribution in [1.82, 2.24) is 10.1 Å². The fourth-order valence-electron chi connectivity index (χ4n) is 2.67. The van der Waals surface area contributed by atoms with Crippen LogP contribution < -0.4 is 5.73 Å². The summed E-state index contributed by atoms with van der Waals surface area (Å²) in [6, 6.07) is 3.50. The van der Waals surface area contributed by atoms with Crippen LogP contribution in [0.25, 0.3) is 11.4 Å². The molecule has 2 aromatic rings. The molecule has 2 unspecified atom stereocenters. The third kappa shape index (κ3) is 2.00. The number of hydrogen-bond acceptors (Lipinski definition) is 4. The van der Waals surface area contributed by atoms with Gasteiger partial charge in [0, 0.05) is 11.6 Å². The Balaban J connectivity index is 1.96. The van der Waals surface area contributed by atoms with E-state index in [1.165, 1.54) is 6.07 Å². The first-order valence-corrected chi connectivity index (χ1v) is 6.56. The van der Waals surface area contributed by atoms with Gasteiger partial charge in [-0.15, -0.1) is 0 Å². The molecular weight excluding hydrogens is 264 g/mol. The lowest BCUT2D eigenvalue weighted by molar-refractivity contribution is 0.278. The molecule has 106 valence electrons. The van der Waals surface area contributed by atoms with Crippen LogP contribution in [0, 0.1) is 11.6 Å². The summed E-state index contributed by atoms with van der Waals surface area (Å²) in [7, 11) is 0. The highest BCUT2D eigenvalue weighted by atomic mass is 19.2. The lowest BCUT2D eigenvalue weighted by Crippen LogP contribution is -2.38. The van der Waals surface area contributed by atoms with Gasteiger partial charge < -0.3 is 10.3 Å². The second-order valence-electron chi connectivity index (χ2n) is 5.47. The normalized spacial score (nSPS) is 26.1. The van der Waals surface area contributed by atoms with Crippen LogP contribution in [-0.2, 0) is 5.41 Å².